The van der Waals surface area contributed by atoms with E-state index in [4.69, 9.17) is 15.7 Å². The van der Waals surface area contributed by atoms with Gasteiger partial charge in [-0.15, -0.1) is 0 Å². The lowest BCUT2D eigenvalue weighted by atomic mass is 9.88. The summed E-state index contributed by atoms with van der Waals surface area (Å²) in [6.45, 7) is 7.55. The van der Waals surface area contributed by atoms with Crippen molar-refractivity contribution in [3.05, 3.63) is 0 Å². The maximum Gasteiger partial charge on any atom is 0.144 e. The summed E-state index contributed by atoms with van der Waals surface area (Å²) < 4.78 is 5.55. The predicted octanol–water partition coefficient (Wildman–Crippen LogP) is 1.56. The Balaban J connectivity index is 1.90. The standard InChI is InChI=1S/C13H27N3O2/c1-13(2,12(14)16-17)6-8-15-7-3-9-18-10-11-4-5-11/h11,15,17H,3-10H2,1-2H3,(H2,14,16). The Morgan fingerprint density at radius 2 is 2.17 bits per heavy atom. The van der Waals surface area contributed by atoms with Crippen LogP contribution in [0.3, 0.4) is 0 Å². The molecular weight excluding hydrogens is 230 g/mol. The summed E-state index contributed by atoms with van der Waals surface area (Å²) >= 11 is 0. The van der Waals surface area contributed by atoms with Gasteiger partial charge in [-0.05, 0) is 44.7 Å². The van der Waals surface area contributed by atoms with Gasteiger partial charge in [-0.2, -0.15) is 0 Å². The number of amidine groups is 1. The van der Waals surface area contributed by atoms with Crippen molar-refractivity contribution in [3.8, 4) is 0 Å². The number of hydrogen-bond donors (Lipinski definition) is 3. The highest BCUT2D eigenvalue weighted by atomic mass is 16.5. The predicted molar refractivity (Wildman–Crippen MR) is 72.8 cm³/mol. The molecule has 1 rings (SSSR count). The fourth-order valence-electron chi connectivity index (χ4n) is 1.62. The van der Waals surface area contributed by atoms with Gasteiger partial charge in [0.05, 0.1) is 0 Å². The monoisotopic (exact) mass is 257 g/mol. The number of nitrogens with one attached hydrogen (secondary N) is 1. The van der Waals surface area contributed by atoms with Crippen LogP contribution in [0.25, 0.3) is 0 Å². The second kappa shape index (κ2) is 7.59. The molecule has 0 saturated heterocycles. The minimum Gasteiger partial charge on any atom is -0.409 e. The summed E-state index contributed by atoms with van der Waals surface area (Å²) in [7, 11) is 0. The van der Waals surface area contributed by atoms with E-state index < -0.39 is 0 Å². The van der Waals surface area contributed by atoms with Gasteiger partial charge in [0.2, 0.25) is 0 Å². The van der Waals surface area contributed by atoms with Crippen molar-refractivity contribution < 1.29 is 9.94 Å². The topological polar surface area (TPSA) is 79.9 Å². The van der Waals surface area contributed by atoms with Gasteiger partial charge in [0.15, 0.2) is 0 Å². The minimum atomic E-state index is -0.260. The number of nitrogens with two attached hydrogens (primary N) is 1. The fourth-order valence-corrected chi connectivity index (χ4v) is 1.62. The van der Waals surface area contributed by atoms with Crippen LogP contribution in [0.5, 0.6) is 0 Å². The Morgan fingerprint density at radius 3 is 2.78 bits per heavy atom. The molecular formula is C13H27N3O2. The Hall–Kier alpha value is -0.810. The second-order valence-corrected chi connectivity index (χ2v) is 5.74. The Morgan fingerprint density at radius 1 is 1.44 bits per heavy atom. The third kappa shape index (κ3) is 6.21. The third-order valence-electron chi connectivity index (χ3n) is 3.42. The first-order chi connectivity index (χ1) is 8.56. The third-order valence-corrected chi connectivity index (χ3v) is 3.42. The molecule has 1 aliphatic carbocycles. The van der Waals surface area contributed by atoms with Crippen LogP contribution in [0.2, 0.25) is 0 Å². The molecule has 0 spiro atoms. The molecule has 0 unspecified atom stereocenters. The minimum absolute atomic E-state index is 0.260. The molecule has 5 nitrogen and oxygen atoms in total. The molecule has 0 aromatic carbocycles. The molecule has 0 heterocycles. The first-order valence-corrected chi connectivity index (χ1v) is 6.83. The van der Waals surface area contributed by atoms with E-state index in [1.165, 1.54) is 12.8 Å². The lowest BCUT2D eigenvalue weighted by Crippen LogP contribution is -2.35. The van der Waals surface area contributed by atoms with E-state index in [-0.39, 0.29) is 11.3 Å². The fraction of sp³-hybridized carbons (Fsp3) is 0.923. The van der Waals surface area contributed by atoms with Gasteiger partial charge < -0.3 is 21.0 Å². The lowest BCUT2D eigenvalue weighted by molar-refractivity contribution is 0.122. The van der Waals surface area contributed by atoms with Crippen molar-refractivity contribution in [1.82, 2.24) is 5.32 Å². The molecule has 1 fully saturated rings. The van der Waals surface area contributed by atoms with Gasteiger partial charge in [0.1, 0.15) is 5.84 Å². The summed E-state index contributed by atoms with van der Waals surface area (Å²) in [5, 5.41) is 15.1. The van der Waals surface area contributed by atoms with Crippen molar-refractivity contribution in [3.63, 3.8) is 0 Å². The van der Waals surface area contributed by atoms with Crippen molar-refractivity contribution in [1.29, 1.82) is 0 Å². The molecule has 0 atom stereocenters. The largest absolute Gasteiger partial charge is 0.409 e. The van der Waals surface area contributed by atoms with E-state index in [1.807, 2.05) is 13.8 Å². The van der Waals surface area contributed by atoms with Crippen molar-refractivity contribution >= 4 is 5.84 Å². The molecule has 0 aromatic rings. The first kappa shape index (κ1) is 15.2. The molecule has 106 valence electrons. The summed E-state index contributed by atoms with van der Waals surface area (Å²) in [6.07, 6.45) is 4.59. The van der Waals surface area contributed by atoms with Crippen LogP contribution in [-0.4, -0.2) is 37.3 Å². The van der Waals surface area contributed by atoms with Gasteiger partial charge >= 0.3 is 0 Å². The van der Waals surface area contributed by atoms with Crippen LogP contribution in [-0.2, 0) is 4.74 Å². The Kier molecular flexibility index (Phi) is 6.43. The average molecular weight is 257 g/mol. The number of oxime groups is 1. The Labute approximate surface area is 110 Å². The zero-order chi connectivity index (χ0) is 13.4. The summed E-state index contributed by atoms with van der Waals surface area (Å²) in [5.74, 6) is 1.14. The lowest BCUT2D eigenvalue weighted by Gasteiger charge is -2.22. The molecule has 1 aliphatic rings. The van der Waals surface area contributed by atoms with Gasteiger partial charge in [0.25, 0.3) is 0 Å². The van der Waals surface area contributed by atoms with Crippen LogP contribution in [0.1, 0.15) is 39.5 Å². The van der Waals surface area contributed by atoms with E-state index >= 15 is 0 Å². The molecule has 0 aromatic heterocycles. The maximum absolute atomic E-state index is 8.65. The van der Waals surface area contributed by atoms with E-state index in [0.717, 1.165) is 45.1 Å². The van der Waals surface area contributed by atoms with Crippen molar-refractivity contribution in [2.75, 3.05) is 26.3 Å². The molecule has 1 saturated carbocycles. The number of nitrogens with zero attached hydrogens (tertiary/aromatic N) is 1. The van der Waals surface area contributed by atoms with Crippen LogP contribution < -0.4 is 11.1 Å². The van der Waals surface area contributed by atoms with Gasteiger partial charge in [-0.1, -0.05) is 19.0 Å². The maximum atomic E-state index is 8.65. The van der Waals surface area contributed by atoms with E-state index in [9.17, 15) is 0 Å². The van der Waals surface area contributed by atoms with Gasteiger partial charge in [-0.3, -0.25) is 0 Å². The number of ether oxygens (including phenoxy) is 1. The SMILES string of the molecule is CC(C)(CCNCCCOCC1CC1)C(N)=NO. The Bertz CT molecular complexity index is 263. The number of hydrogen-bond acceptors (Lipinski definition) is 4. The highest BCUT2D eigenvalue weighted by Crippen LogP contribution is 2.28. The zero-order valence-corrected chi connectivity index (χ0v) is 11.6. The van der Waals surface area contributed by atoms with Crippen LogP contribution in [0.15, 0.2) is 5.16 Å². The zero-order valence-electron chi connectivity index (χ0n) is 11.6. The number of rotatable bonds is 10. The van der Waals surface area contributed by atoms with Crippen LogP contribution in [0.4, 0.5) is 0 Å². The van der Waals surface area contributed by atoms with Crippen LogP contribution in [0, 0.1) is 11.3 Å². The quantitative estimate of drug-likeness (QED) is 0.182. The highest BCUT2D eigenvalue weighted by Gasteiger charge is 2.22. The van der Waals surface area contributed by atoms with E-state index in [2.05, 4.69) is 10.5 Å². The van der Waals surface area contributed by atoms with Crippen LogP contribution >= 0.6 is 0 Å². The average Bonchev–Trinajstić information content (AvgIpc) is 3.15. The summed E-state index contributed by atoms with van der Waals surface area (Å²) in [5.41, 5.74) is 5.36. The molecule has 0 amide bonds. The summed E-state index contributed by atoms with van der Waals surface area (Å²) in [6, 6.07) is 0. The molecule has 0 radical (unpaired) electrons. The molecule has 18 heavy (non-hydrogen) atoms. The summed E-state index contributed by atoms with van der Waals surface area (Å²) in [4.78, 5) is 0. The normalized spacial score (nSPS) is 17.1. The smallest absolute Gasteiger partial charge is 0.144 e. The van der Waals surface area contributed by atoms with Crippen molar-refractivity contribution in [2.45, 2.75) is 39.5 Å². The van der Waals surface area contributed by atoms with Gasteiger partial charge in [-0.25, -0.2) is 0 Å². The second-order valence-electron chi connectivity index (χ2n) is 5.74. The van der Waals surface area contributed by atoms with Crippen molar-refractivity contribution in [2.24, 2.45) is 22.2 Å². The molecule has 0 bridgehead atoms. The van der Waals surface area contributed by atoms with E-state index in [1.54, 1.807) is 0 Å². The first-order valence-electron chi connectivity index (χ1n) is 6.83. The van der Waals surface area contributed by atoms with E-state index in [0.29, 0.717) is 0 Å². The molecule has 4 N–H and O–H groups in total. The van der Waals surface area contributed by atoms with Gasteiger partial charge in [0, 0.05) is 18.6 Å². The highest BCUT2D eigenvalue weighted by molar-refractivity contribution is 5.85. The molecule has 5 heteroatoms. The molecule has 0 aliphatic heterocycles.